The minimum atomic E-state index is -3.58. The molecule has 1 aromatic carbocycles. The fourth-order valence-corrected chi connectivity index (χ4v) is 4.81. The van der Waals surface area contributed by atoms with Crippen molar-refractivity contribution < 1.29 is 13.2 Å². The van der Waals surface area contributed by atoms with Crippen molar-refractivity contribution in [2.45, 2.75) is 25.2 Å². The summed E-state index contributed by atoms with van der Waals surface area (Å²) in [6, 6.07) is 5.43. The molecule has 8 heteroatoms. The molecule has 138 valence electrons. The quantitative estimate of drug-likeness (QED) is 0.815. The maximum absolute atomic E-state index is 13.1. The van der Waals surface area contributed by atoms with Gasteiger partial charge in [0.1, 0.15) is 5.69 Å². The van der Waals surface area contributed by atoms with Crippen molar-refractivity contribution >= 4 is 15.9 Å². The molecule has 1 fully saturated rings. The topological polar surface area (TPSA) is 83.5 Å². The normalized spacial score (nSPS) is 16.3. The first-order valence-corrected chi connectivity index (χ1v) is 9.96. The molecule has 0 saturated carbocycles. The minimum Gasteiger partial charge on any atom is -0.336 e. The van der Waals surface area contributed by atoms with Crippen LogP contribution in [0.1, 0.15) is 28.0 Å². The van der Waals surface area contributed by atoms with Crippen LogP contribution in [-0.4, -0.2) is 59.7 Å². The van der Waals surface area contributed by atoms with Crippen LogP contribution in [0.4, 0.5) is 0 Å². The van der Waals surface area contributed by atoms with E-state index in [1.807, 2.05) is 19.1 Å². The molecule has 0 unspecified atom stereocenters. The molecule has 26 heavy (non-hydrogen) atoms. The van der Waals surface area contributed by atoms with Crippen LogP contribution in [-0.2, 0) is 10.0 Å². The molecule has 2 heterocycles. The fraction of sp³-hybridized carbons (Fsp3) is 0.389. The molecule has 2 aromatic rings. The molecular formula is C18H22N4O3S. The number of hydrogen-bond donors (Lipinski definition) is 0. The van der Waals surface area contributed by atoms with Crippen LogP contribution in [0.15, 0.2) is 41.7 Å². The van der Waals surface area contributed by atoms with Crippen molar-refractivity contribution in [1.29, 1.82) is 0 Å². The largest absolute Gasteiger partial charge is 0.336 e. The second-order valence-electron chi connectivity index (χ2n) is 6.41. The molecule has 1 aliphatic rings. The van der Waals surface area contributed by atoms with Gasteiger partial charge in [0.05, 0.1) is 11.1 Å². The third-order valence-corrected chi connectivity index (χ3v) is 6.53. The number of aryl methyl sites for hydroxylation is 2. The number of hydrogen-bond acceptors (Lipinski definition) is 5. The average Bonchev–Trinajstić information content (AvgIpc) is 2.90. The van der Waals surface area contributed by atoms with E-state index in [9.17, 15) is 13.2 Å². The van der Waals surface area contributed by atoms with Crippen LogP contribution >= 0.6 is 0 Å². The van der Waals surface area contributed by atoms with Crippen molar-refractivity contribution in [1.82, 2.24) is 19.2 Å². The maximum atomic E-state index is 13.1. The van der Waals surface area contributed by atoms with Gasteiger partial charge in [-0.2, -0.15) is 4.31 Å². The molecular weight excluding hydrogens is 352 g/mol. The average molecular weight is 374 g/mol. The molecule has 0 spiro atoms. The third kappa shape index (κ3) is 3.76. The van der Waals surface area contributed by atoms with E-state index in [0.717, 1.165) is 11.1 Å². The van der Waals surface area contributed by atoms with Crippen molar-refractivity contribution in [3.05, 3.63) is 53.6 Å². The standard InChI is InChI=1S/C18H22N4O3S/c1-14-4-5-15(2)17(12-14)26(24,25)22-9-3-8-21(10-11-22)18(23)16-13-19-6-7-20-16/h4-7,12-13H,3,8-11H2,1-2H3. The highest BCUT2D eigenvalue weighted by atomic mass is 32.2. The van der Waals surface area contributed by atoms with Gasteiger partial charge in [-0.3, -0.25) is 9.78 Å². The third-order valence-electron chi connectivity index (χ3n) is 4.49. The van der Waals surface area contributed by atoms with Crippen LogP contribution in [0.5, 0.6) is 0 Å². The van der Waals surface area contributed by atoms with Gasteiger partial charge >= 0.3 is 0 Å². The molecule has 1 amide bonds. The van der Waals surface area contributed by atoms with Crippen molar-refractivity contribution in [2.24, 2.45) is 0 Å². The van der Waals surface area contributed by atoms with Crippen LogP contribution < -0.4 is 0 Å². The van der Waals surface area contributed by atoms with E-state index in [2.05, 4.69) is 9.97 Å². The van der Waals surface area contributed by atoms with Gasteiger partial charge in [-0.15, -0.1) is 0 Å². The Hall–Kier alpha value is -2.32. The summed E-state index contributed by atoms with van der Waals surface area (Å²) in [6.45, 7) is 5.16. The smallest absolute Gasteiger partial charge is 0.274 e. The van der Waals surface area contributed by atoms with E-state index in [1.165, 1.54) is 22.9 Å². The first kappa shape index (κ1) is 18.5. The van der Waals surface area contributed by atoms with E-state index in [4.69, 9.17) is 0 Å². The van der Waals surface area contributed by atoms with Gasteiger partial charge in [0.2, 0.25) is 10.0 Å². The van der Waals surface area contributed by atoms with E-state index in [1.54, 1.807) is 17.9 Å². The number of carbonyl (C=O) groups excluding carboxylic acids is 1. The summed E-state index contributed by atoms with van der Waals surface area (Å²) < 4.78 is 27.6. The van der Waals surface area contributed by atoms with Crippen LogP contribution in [0.25, 0.3) is 0 Å². The lowest BCUT2D eigenvalue weighted by Gasteiger charge is -2.22. The van der Waals surface area contributed by atoms with E-state index < -0.39 is 10.0 Å². The predicted octanol–water partition coefficient (Wildman–Crippen LogP) is 1.63. The maximum Gasteiger partial charge on any atom is 0.274 e. The van der Waals surface area contributed by atoms with E-state index in [-0.39, 0.29) is 18.1 Å². The molecule has 0 aliphatic carbocycles. The van der Waals surface area contributed by atoms with Crippen LogP contribution in [0, 0.1) is 13.8 Å². The zero-order chi connectivity index (χ0) is 18.7. The van der Waals surface area contributed by atoms with Crippen LogP contribution in [0.3, 0.4) is 0 Å². The Balaban J connectivity index is 1.78. The van der Waals surface area contributed by atoms with Gasteiger partial charge in [-0.1, -0.05) is 12.1 Å². The number of sulfonamides is 1. The minimum absolute atomic E-state index is 0.218. The lowest BCUT2D eigenvalue weighted by molar-refractivity contribution is 0.0758. The van der Waals surface area contributed by atoms with E-state index in [0.29, 0.717) is 31.0 Å². The summed E-state index contributed by atoms with van der Waals surface area (Å²) in [6.07, 6.45) is 4.99. The molecule has 0 bridgehead atoms. The summed E-state index contributed by atoms with van der Waals surface area (Å²) in [5.74, 6) is -0.218. The van der Waals surface area contributed by atoms with Crippen molar-refractivity contribution in [3.63, 3.8) is 0 Å². The highest BCUT2D eigenvalue weighted by molar-refractivity contribution is 7.89. The van der Waals surface area contributed by atoms with Gasteiger partial charge in [0.25, 0.3) is 5.91 Å². The molecule has 1 aromatic heterocycles. The summed E-state index contributed by atoms with van der Waals surface area (Å²) in [7, 11) is -3.58. The molecule has 0 N–H and O–H groups in total. The lowest BCUT2D eigenvalue weighted by atomic mass is 10.2. The molecule has 1 aliphatic heterocycles. The lowest BCUT2D eigenvalue weighted by Crippen LogP contribution is -2.37. The number of nitrogens with zero attached hydrogens (tertiary/aromatic N) is 4. The molecule has 0 atom stereocenters. The Bertz CT molecular complexity index is 900. The molecule has 7 nitrogen and oxygen atoms in total. The SMILES string of the molecule is Cc1ccc(C)c(S(=O)(=O)N2CCCN(C(=O)c3cnccn3)CC2)c1. The first-order valence-electron chi connectivity index (χ1n) is 8.52. The monoisotopic (exact) mass is 374 g/mol. The van der Waals surface area contributed by atoms with Gasteiger partial charge in [0.15, 0.2) is 0 Å². The number of amides is 1. The Morgan fingerprint density at radius 2 is 1.88 bits per heavy atom. The molecule has 3 rings (SSSR count). The highest BCUT2D eigenvalue weighted by Crippen LogP contribution is 2.22. The summed E-state index contributed by atoms with van der Waals surface area (Å²) >= 11 is 0. The van der Waals surface area contributed by atoms with Gasteiger partial charge in [0, 0.05) is 38.6 Å². The van der Waals surface area contributed by atoms with E-state index >= 15 is 0 Å². The van der Waals surface area contributed by atoms with Crippen molar-refractivity contribution in [2.75, 3.05) is 26.2 Å². The Labute approximate surface area is 153 Å². The highest BCUT2D eigenvalue weighted by Gasteiger charge is 2.29. The Morgan fingerprint density at radius 3 is 2.62 bits per heavy atom. The number of carbonyl (C=O) groups is 1. The fourth-order valence-electron chi connectivity index (χ4n) is 3.03. The Morgan fingerprint density at radius 1 is 1.08 bits per heavy atom. The first-order chi connectivity index (χ1) is 12.4. The number of benzene rings is 1. The summed E-state index contributed by atoms with van der Waals surface area (Å²) in [5, 5.41) is 0. The Kier molecular flexibility index (Phi) is 5.33. The summed E-state index contributed by atoms with van der Waals surface area (Å²) in [5.41, 5.74) is 1.91. The second-order valence-corrected chi connectivity index (χ2v) is 8.32. The zero-order valence-corrected chi connectivity index (χ0v) is 15.7. The number of rotatable bonds is 3. The zero-order valence-electron chi connectivity index (χ0n) is 14.9. The van der Waals surface area contributed by atoms with Gasteiger partial charge < -0.3 is 4.90 Å². The van der Waals surface area contributed by atoms with Gasteiger partial charge in [-0.25, -0.2) is 13.4 Å². The number of aromatic nitrogens is 2. The molecule has 1 saturated heterocycles. The van der Waals surface area contributed by atoms with Crippen LogP contribution in [0.2, 0.25) is 0 Å². The predicted molar refractivity (Wildman–Crippen MR) is 97.2 cm³/mol. The summed E-state index contributed by atoms with van der Waals surface area (Å²) in [4.78, 5) is 22.5. The second kappa shape index (κ2) is 7.51. The molecule has 0 radical (unpaired) electrons. The van der Waals surface area contributed by atoms with Crippen molar-refractivity contribution in [3.8, 4) is 0 Å². The van der Waals surface area contributed by atoms with Gasteiger partial charge in [-0.05, 0) is 37.5 Å².